The van der Waals surface area contributed by atoms with Gasteiger partial charge in [-0.1, -0.05) is 31.0 Å². The minimum absolute atomic E-state index is 0.0431. The predicted molar refractivity (Wildman–Crippen MR) is 103 cm³/mol. The highest BCUT2D eigenvalue weighted by molar-refractivity contribution is 5.98. The maximum Gasteiger partial charge on any atom is 0.338 e. The third-order valence-corrected chi connectivity index (χ3v) is 7.04. The first kappa shape index (κ1) is 20.2. The van der Waals surface area contributed by atoms with E-state index in [1.807, 2.05) is 0 Å². The van der Waals surface area contributed by atoms with Gasteiger partial charge in [-0.2, -0.15) is 0 Å². The molecule has 3 aliphatic heterocycles. The van der Waals surface area contributed by atoms with Crippen molar-refractivity contribution >= 4 is 23.9 Å². The Labute approximate surface area is 179 Å². The van der Waals surface area contributed by atoms with E-state index in [0.717, 1.165) is 25.7 Å². The molecule has 31 heavy (non-hydrogen) atoms. The number of benzene rings is 1. The zero-order chi connectivity index (χ0) is 21.6. The highest BCUT2D eigenvalue weighted by Crippen LogP contribution is 2.57. The second kappa shape index (κ2) is 7.75. The van der Waals surface area contributed by atoms with Crippen molar-refractivity contribution < 1.29 is 38.1 Å². The number of rotatable bonds is 6. The Morgan fingerprint density at radius 3 is 2.52 bits per heavy atom. The molecule has 3 heterocycles. The molecule has 1 aromatic rings. The van der Waals surface area contributed by atoms with Crippen LogP contribution < -0.4 is 0 Å². The number of carbonyl (C=O) groups excluding carboxylic acids is 4. The minimum Gasteiger partial charge on any atom is -0.462 e. The lowest BCUT2D eigenvalue weighted by Crippen LogP contribution is -2.47. The van der Waals surface area contributed by atoms with E-state index in [0.29, 0.717) is 12.0 Å². The fourth-order valence-electron chi connectivity index (χ4n) is 5.57. The lowest BCUT2D eigenvalue weighted by atomic mass is 9.69. The summed E-state index contributed by atoms with van der Waals surface area (Å²) in [6.45, 7) is -0.0626. The summed E-state index contributed by atoms with van der Waals surface area (Å²) in [7, 11) is 0. The lowest BCUT2D eigenvalue weighted by molar-refractivity contribution is -0.167. The SMILES string of the molecule is O=C(OC[C@H]1C[C@]2(COC(=O)C3CCCC3)O[C@H]1[C@H]1C(=O)OC(=O)[C@H]12)c1ccccc1. The van der Waals surface area contributed by atoms with Gasteiger partial charge in [-0.25, -0.2) is 4.79 Å². The summed E-state index contributed by atoms with van der Waals surface area (Å²) >= 11 is 0. The molecule has 5 atom stereocenters. The highest BCUT2D eigenvalue weighted by Gasteiger charge is 2.72. The minimum atomic E-state index is -1.11. The van der Waals surface area contributed by atoms with Gasteiger partial charge in [0.05, 0.1) is 24.2 Å². The molecule has 5 rings (SSSR count). The van der Waals surface area contributed by atoms with E-state index >= 15 is 0 Å². The molecule has 0 radical (unpaired) electrons. The quantitative estimate of drug-likeness (QED) is 0.385. The van der Waals surface area contributed by atoms with Gasteiger partial charge in [-0.3, -0.25) is 14.4 Å². The van der Waals surface area contributed by atoms with Gasteiger partial charge in [0.15, 0.2) is 0 Å². The Morgan fingerprint density at radius 1 is 1.03 bits per heavy atom. The van der Waals surface area contributed by atoms with Crippen LogP contribution in [0.15, 0.2) is 30.3 Å². The van der Waals surface area contributed by atoms with Gasteiger partial charge in [0.2, 0.25) is 0 Å². The fraction of sp³-hybridized carbons (Fsp3) is 0.565. The maximum absolute atomic E-state index is 12.4. The summed E-state index contributed by atoms with van der Waals surface area (Å²) in [6, 6.07) is 8.62. The van der Waals surface area contributed by atoms with Gasteiger partial charge in [-0.15, -0.1) is 0 Å². The highest BCUT2D eigenvalue weighted by atomic mass is 16.6. The van der Waals surface area contributed by atoms with E-state index in [1.54, 1.807) is 30.3 Å². The van der Waals surface area contributed by atoms with Gasteiger partial charge in [0, 0.05) is 5.92 Å². The van der Waals surface area contributed by atoms with Crippen molar-refractivity contribution in [1.29, 1.82) is 0 Å². The van der Waals surface area contributed by atoms with Crippen molar-refractivity contribution in [3.05, 3.63) is 35.9 Å². The van der Waals surface area contributed by atoms with Gasteiger partial charge in [0.1, 0.15) is 24.0 Å². The topological polar surface area (TPSA) is 105 Å². The summed E-state index contributed by atoms with van der Waals surface area (Å²) in [6.07, 6.45) is 3.35. The molecule has 0 aromatic heterocycles. The van der Waals surface area contributed by atoms with Crippen LogP contribution in [0, 0.1) is 23.7 Å². The number of carbonyl (C=O) groups is 4. The molecule has 1 aromatic carbocycles. The van der Waals surface area contributed by atoms with Crippen molar-refractivity contribution in [2.24, 2.45) is 23.7 Å². The van der Waals surface area contributed by atoms with Crippen LogP contribution in [0.3, 0.4) is 0 Å². The van der Waals surface area contributed by atoms with Crippen LogP contribution >= 0.6 is 0 Å². The van der Waals surface area contributed by atoms with E-state index in [9.17, 15) is 19.2 Å². The second-order valence-electron chi connectivity index (χ2n) is 8.91. The summed E-state index contributed by atoms with van der Waals surface area (Å²) in [5.41, 5.74) is -0.684. The molecule has 3 saturated heterocycles. The zero-order valence-electron chi connectivity index (χ0n) is 17.0. The molecule has 0 amide bonds. The van der Waals surface area contributed by atoms with Crippen molar-refractivity contribution in [1.82, 2.24) is 0 Å². The number of cyclic esters (lactones) is 2. The standard InChI is InChI=1S/C23H24O8/c24-19(13-6-2-1-3-7-13)28-11-15-10-23(12-29-20(25)14-8-4-5-9-14)17-16(18(15)31-23)21(26)30-22(17)27/h1-3,6-7,14-18H,4-5,8-12H2/t15-,16+,17+,18-,23-/m1/s1. The molecule has 164 valence electrons. The smallest absolute Gasteiger partial charge is 0.338 e. The van der Waals surface area contributed by atoms with E-state index in [4.69, 9.17) is 18.9 Å². The van der Waals surface area contributed by atoms with E-state index in [2.05, 4.69) is 0 Å². The van der Waals surface area contributed by atoms with Crippen LogP contribution in [0.2, 0.25) is 0 Å². The molecule has 4 aliphatic rings. The summed E-state index contributed by atoms with van der Waals surface area (Å²) < 4.78 is 22.1. The molecule has 2 bridgehead atoms. The summed E-state index contributed by atoms with van der Waals surface area (Å²) in [5.74, 6) is -3.96. The first-order valence-corrected chi connectivity index (χ1v) is 10.8. The number of fused-ring (bicyclic) bond motifs is 5. The Morgan fingerprint density at radius 2 is 1.77 bits per heavy atom. The molecular weight excluding hydrogens is 404 g/mol. The molecule has 4 fully saturated rings. The largest absolute Gasteiger partial charge is 0.462 e. The van der Waals surface area contributed by atoms with Crippen molar-refractivity contribution in [2.45, 2.75) is 43.8 Å². The molecule has 8 nitrogen and oxygen atoms in total. The normalized spacial score (nSPS) is 33.9. The van der Waals surface area contributed by atoms with Crippen molar-refractivity contribution in [2.75, 3.05) is 13.2 Å². The lowest BCUT2D eigenvalue weighted by Gasteiger charge is -2.31. The summed E-state index contributed by atoms with van der Waals surface area (Å²) in [4.78, 5) is 49.4. The first-order valence-electron chi connectivity index (χ1n) is 10.8. The third kappa shape index (κ3) is 3.43. The second-order valence-corrected chi connectivity index (χ2v) is 8.91. The molecule has 0 N–H and O–H groups in total. The van der Waals surface area contributed by atoms with Crippen LogP contribution in [0.25, 0.3) is 0 Å². The van der Waals surface area contributed by atoms with Crippen molar-refractivity contribution in [3.8, 4) is 0 Å². The first-order chi connectivity index (χ1) is 15.0. The van der Waals surface area contributed by atoms with Gasteiger partial charge < -0.3 is 18.9 Å². The van der Waals surface area contributed by atoms with Gasteiger partial charge >= 0.3 is 23.9 Å². The Kier molecular flexibility index (Phi) is 5.04. The van der Waals surface area contributed by atoms with Crippen molar-refractivity contribution in [3.63, 3.8) is 0 Å². The molecule has 0 unspecified atom stereocenters. The van der Waals surface area contributed by atoms with Crippen LogP contribution in [0.4, 0.5) is 0 Å². The zero-order valence-corrected chi connectivity index (χ0v) is 17.0. The van der Waals surface area contributed by atoms with E-state index in [-0.39, 0.29) is 31.0 Å². The van der Waals surface area contributed by atoms with E-state index in [1.165, 1.54) is 0 Å². The van der Waals surface area contributed by atoms with Gasteiger partial charge in [-0.05, 0) is 31.4 Å². The maximum atomic E-state index is 12.4. The molecular formula is C23H24O8. The monoisotopic (exact) mass is 428 g/mol. The van der Waals surface area contributed by atoms with Crippen LogP contribution in [0.1, 0.15) is 42.5 Å². The predicted octanol–water partition coefficient (Wildman–Crippen LogP) is 2.05. The van der Waals surface area contributed by atoms with Gasteiger partial charge in [0.25, 0.3) is 0 Å². The molecule has 0 spiro atoms. The molecule has 8 heteroatoms. The third-order valence-electron chi connectivity index (χ3n) is 7.04. The average molecular weight is 428 g/mol. The number of ether oxygens (including phenoxy) is 4. The Bertz CT molecular complexity index is 905. The van der Waals surface area contributed by atoms with Crippen LogP contribution in [-0.4, -0.2) is 48.8 Å². The van der Waals surface area contributed by atoms with E-state index < -0.39 is 41.4 Å². The molecule has 1 saturated carbocycles. The fourth-order valence-corrected chi connectivity index (χ4v) is 5.57. The number of hydrogen-bond donors (Lipinski definition) is 0. The Hall–Kier alpha value is -2.74. The Balaban J connectivity index is 1.29. The van der Waals surface area contributed by atoms with Crippen LogP contribution in [-0.2, 0) is 33.3 Å². The number of hydrogen-bond acceptors (Lipinski definition) is 8. The van der Waals surface area contributed by atoms with Crippen LogP contribution in [0.5, 0.6) is 0 Å². The number of esters is 4. The summed E-state index contributed by atoms with van der Waals surface area (Å²) in [5, 5.41) is 0. The average Bonchev–Trinajstić information content (AvgIpc) is 3.54. The molecule has 1 aliphatic carbocycles.